The summed E-state index contributed by atoms with van der Waals surface area (Å²) >= 11 is 0. The molecule has 63 heavy (non-hydrogen) atoms. The van der Waals surface area contributed by atoms with Gasteiger partial charge in [0.1, 0.15) is 0 Å². The van der Waals surface area contributed by atoms with Crippen molar-refractivity contribution in [1.29, 1.82) is 0 Å². The number of epoxide rings is 3. The summed E-state index contributed by atoms with van der Waals surface area (Å²) in [5.74, 6) is 2.16. The predicted octanol–water partition coefficient (Wildman–Crippen LogP) is 13.7. The molecule has 3 heterocycles. The zero-order valence-corrected chi connectivity index (χ0v) is 52.8. The maximum Gasteiger partial charge on any atom is 0.636 e. The minimum Gasteiger partial charge on any atom is -0.437 e. The Bertz CT molecular complexity index is 1400. The molecule has 0 aromatic heterocycles. The largest absolute Gasteiger partial charge is 0.636 e. The third kappa shape index (κ3) is 18.4. The molecule has 0 bridgehead atoms. The number of hydrogen-bond acceptors (Lipinski definition) is 9. The van der Waals surface area contributed by atoms with Crippen LogP contribution in [0.3, 0.4) is 0 Å². The Kier molecular flexibility index (Phi) is 17.4. The summed E-state index contributed by atoms with van der Waals surface area (Å²) in [4.78, 5) is 0. The lowest BCUT2D eigenvalue weighted by atomic mass is 9.88. The van der Waals surface area contributed by atoms with Crippen LogP contribution in [0.5, 0.6) is 0 Å². The third-order valence-corrected chi connectivity index (χ3v) is 48.0. The van der Waals surface area contributed by atoms with Gasteiger partial charge in [-0.15, -0.1) is 0 Å². The number of rotatable bonds is 27. The number of ether oxygens (including phenoxy) is 3. The van der Waals surface area contributed by atoms with Crippen molar-refractivity contribution >= 4 is 75.6 Å². The van der Waals surface area contributed by atoms with Gasteiger partial charge in [0.05, 0.1) is 36.6 Å². The summed E-state index contributed by atoms with van der Waals surface area (Å²) in [5.41, 5.74) is 0. The second-order valence-corrected chi connectivity index (χ2v) is 65.4. The first kappa shape index (κ1) is 53.9. The Morgan fingerprint density at radius 1 is 0.317 bits per heavy atom. The van der Waals surface area contributed by atoms with Crippen molar-refractivity contribution in [3.05, 3.63) is 0 Å². The van der Waals surface area contributed by atoms with Crippen LogP contribution < -0.4 is 0 Å². The zero-order chi connectivity index (χ0) is 46.5. The summed E-state index contributed by atoms with van der Waals surface area (Å²) in [7, 11) is -20.5. The average molecular weight is 1040 g/mol. The molecular weight excluding hydrogens is 937 g/mol. The molecule has 9 unspecified atom stereocenters. The summed E-state index contributed by atoms with van der Waals surface area (Å²) in [6.45, 7) is 41.2. The number of fused-ring (bicyclic) bond motifs is 3. The molecule has 0 amide bonds. The van der Waals surface area contributed by atoms with E-state index in [0.717, 1.165) is 48.0 Å². The van der Waals surface area contributed by atoms with Crippen LogP contribution in [0.1, 0.15) is 77.0 Å². The molecule has 3 saturated heterocycles. The number of hydrogen-bond donors (Lipinski definition) is 0. The van der Waals surface area contributed by atoms with Crippen molar-refractivity contribution in [3.63, 3.8) is 0 Å². The normalized spacial score (nSPS) is 31.5. The van der Waals surface area contributed by atoms with Crippen molar-refractivity contribution in [2.75, 3.05) is 0 Å². The fourth-order valence-electron chi connectivity index (χ4n) is 11.3. The molecule has 6 aliphatic rings. The smallest absolute Gasteiger partial charge is 0.437 e. The third-order valence-electron chi connectivity index (χ3n) is 15.3. The minimum absolute atomic E-state index is 0.506. The van der Waals surface area contributed by atoms with Crippen molar-refractivity contribution in [3.8, 4) is 0 Å². The fraction of sp³-hybridized carbons (Fsp3) is 1.00. The molecule has 3 aliphatic carbocycles. The van der Waals surface area contributed by atoms with Gasteiger partial charge in [0, 0.05) is 8.07 Å². The SMILES string of the molecule is C[Si](C)(C)CC[Si](C)(C)O[Si](C)(C)O[Si](C)(C)CC[Si](C)(C)O[Si](O[Si](C)(C)CCC1CCC2OC2C1)(O[Si](C)(C)CCC1CCC2OC2C1)O[Si](C)(C)CCC1CCC2OC2C1. The standard InChI is InChI=1S/C45H98O9Si9/c1-55(2,3)30-31-59(10,11)49-62(16,17)50-60(12,13)32-33-61(14,15)54-63(51-56(4,5)27-24-37-18-21-40-43(34-37)46-40,52-57(6,7)28-25-38-19-22-41-44(35-38)47-41)53-58(8,9)29-26-39-20-23-42-45(36-39)48-42/h37-45H,18-36H2,1-17H3. The first-order chi connectivity index (χ1) is 28.8. The molecule has 0 aromatic rings. The van der Waals surface area contributed by atoms with Crippen molar-refractivity contribution < 1.29 is 38.9 Å². The van der Waals surface area contributed by atoms with Gasteiger partial charge in [0.25, 0.3) is 0 Å². The van der Waals surface area contributed by atoms with E-state index in [1.807, 2.05) is 0 Å². The van der Waals surface area contributed by atoms with Gasteiger partial charge < -0.3 is 38.9 Å². The average Bonchev–Trinajstić information content (AvgIpc) is 4.01. The van der Waals surface area contributed by atoms with Crippen LogP contribution >= 0.6 is 0 Å². The molecule has 368 valence electrons. The van der Waals surface area contributed by atoms with E-state index in [2.05, 4.69) is 111 Å². The lowest BCUT2D eigenvalue weighted by Gasteiger charge is -2.47. The molecule has 9 atom stereocenters. The highest BCUT2D eigenvalue weighted by Gasteiger charge is 2.59. The van der Waals surface area contributed by atoms with E-state index in [1.165, 1.54) is 89.1 Å². The van der Waals surface area contributed by atoms with Gasteiger partial charge in [-0.25, -0.2) is 0 Å². The van der Waals surface area contributed by atoms with E-state index in [-0.39, 0.29) is 0 Å². The zero-order valence-electron chi connectivity index (χ0n) is 43.8. The van der Waals surface area contributed by atoms with E-state index in [9.17, 15) is 0 Å². The highest BCUT2D eigenvalue weighted by Crippen LogP contribution is 2.46. The summed E-state index contributed by atoms with van der Waals surface area (Å²) in [6, 6.07) is 7.91. The maximum atomic E-state index is 7.86. The lowest BCUT2D eigenvalue weighted by Crippen LogP contribution is -2.67. The molecule has 6 fully saturated rings. The van der Waals surface area contributed by atoms with E-state index in [4.69, 9.17) is 38.9 Å². The molecule has 0 aromatic carbocycles. The first-order valence-corrected chi connectivity index (χ1v) is 52.8. The Balaban J connectivity index is 1.21. The van der Waals surface area contributed by atoms with Crippen LogP contribution in [-0.2, 0) is 38.9 Å². The van der Waals surface area contributed by atoms with Crippen LogP contribution in [0.4, 0.5) is 0 Å². The minimum atomic E-state index is -3.67. The summed E-state index contributed by atoms with van der Waals surface area (Å²) in [6.07, 6.45) is 17.9. The molecule has 0 spiro atoms. The van der Waals surface area contributed by atoms with Crippen molar-refractivity contribution in [1.82, 2.24) is 0 Å². The Hall–Kier alpha value is 1.59. The van der Waals surface area contributed by atoms with Gasteiger partial charge in [-0.2, -0.15) is 0 Å². The predicted molar refractivity (Wildman–Crippen MR) is 283 cm³/mol. The summed E-state index contributed by atoms with van der Waals surface area (Å²) < 4.78 is 63.6. The lowest BCUT2D eigenvalue weighted by molar-refractivity contribution is 0.143. The van der Waals surface area contributed by atoms with E-state index >= 15 is 0 Å². The molecule has 18 heteroatoms. The highest BCUT2D eigenvalue weighted by molar-refractivity contribution is 6.93. The van der Waals surface area contributed by atoms with Gasteiger partial charge >= 0.3 is 17.6 Å². The second-order valence-electron chi connectivity index (χ2n) is 26.9. The molecule has 0 N–H and O–H groups in total. The molecule has 0 radical (unpaired) electrons. The molecule has 3 aliphatic heterocycles. The van der Waals surface area contributed by atoms with Crippen molar-refractivity contribution in [2.24, 2.45) is 17.8 Å². The van der Waals surface area contributed by atoms with E-state index < -0.39 is 75.6 Å². The Morgan fingerprint density at radius 3 is 0.873 bits per heavy atom. The van der Waals surface area contributed by atoms with E-state index in [0.29, 0.717) is 36.6 Å². The highest BCUT2D eigenvalue weighted by atomic mass is 28.5. The maximum absolute atomic E-state index is 7.86. The molecule has 9 nitrogen and oxygen atoms in total. The summed E-state index contributed by atoms with van der Waals surface area (Å²) in [5, 5.41) is 0. The van der Waals surface area contributed by atoms with Crippen molar-refractivity contribution in [2.45, 2.75) is 267 Å². The fourth-order valence-corrected chi connectivity index (χ4v) is 52.6. The van der Waals surface area contributed by atoms with Crippen LogP contribution in [0.15, 0.2) is 0 Å². The Morgan fingerprint density at radius 2 is 0.587 bits per heavy atom. The second kappa shape index (κ2) is 20.4. The molecular formula is C45H98O9Si9. The van der Waals surface area contributed by atoms with Crippen LogP contribution in [0.2, 0.25) is 154 Å². The van der Waals surface area contributed by atoms with Crippen LogP contribution in [0, 0.1) is 17.8 Å². The Labute approximate surface area is 397 Å². The topological polar surface area (TPSA) is 93.0 Å². The van der Waals surface area contributed by atoms with Crippen LogP contribution in [-0.4, -0.2) is 112 Å². The first-order valence-electron chi connectivity index (χ1n) is 26.0. The molecule has 6 rings (SSSR count). The van der Waals surface area contributed by atoms with Gasteiger partial charge in [-0.3, -0.25) is 0 Å². The monoisotopic (exact) mass is 1030 g/mol. The molecule has 3 saturated carbocycles. The van der Waals surface area contributed by atoms with E-state index in [1.54, 1.807) is 0 Å². The van der Waals surface area contributed by atoms with Gasteiger partial charge in [0.15, 0.2) is 49.9 Å². The quantitative estimate of drug-likeness (QED) is 0.0589. The van der Waals surface area contributed by atoms with Crippen LogP contribution in [0.25, 0.3) is 0 Å². The van der Waals surface area contributed by atoms with Gasteiger partial charge in [0.2, 0.25) is 0 Å². The van der Waals surface area contributed by atoms with Gasteiger partial charge in [-0.05, 0) is 203 Å². The van der Waals surface area contributed by atoms with Gasteiger partial charge in [-0.1, -0.05) is 44.9 Å².